The van der Waals surface area contributed by atoms with Gasteiger partial charge in [-0.1, -0.05) is 24.6 Å². The van der Waals surface area contributed by atoms with E-state index in [1.165, 1.54) is 5.56 Å². The number of rotatable bonds is 8. The molecule has 2 aromatic rings. The number of nitrogens with one attached hydrogen (secondary N) is 1. The van der Waals surface area contributed by atoms with Crippen molar-refractivity contribution < 1.29 is 14.3 Å². The molecular formula is C21H27NO3. The molecule has 0 unspecified atom stereocenters. The van der Waals surface area contributed by atoms with Crippen molar-refractivity contribution in [3.8, 4) is 11.5 Å². The highest BCUT2D eigenvalue weighted by Crippen LogP contribution is 2.23. The maximum absolute atomic E-state index is 12.4. The number of carbonyl (C=O) groups excluding carboxylic acids is 1. The Morgan fingerprint density at radius 2 is 1.80 bits per heavy atom. The third kappa shape index (κ3) is 5.52. The van der Waals surface area contributed by atoms with E-state index in [-0.39, 0.29) is 11.9 Å². The van der Waals surface area contributed by atoms with Gasteiger partial charge in [0.25, 0.3) is 5.91 Å². The normalized spacial score (nSPS) is 11.7. The highest BCUT2D eigenvalue weighted by atomic mass is 16.5. The molecule has 4 nitrogen and oxygen atoms in total. The van der Waals surface area contributed by atoms with Crippen LogP contribution in [-0.2, 0) is 6.61 Å². The van der Waals surface area contributed by atoms with Crippen LogP contribution >= 0.6 is 0 Å². The molecule has 1 amide bonds. The van der Waals surface area contributed by atoms with E-state index in [2.05, 4.69) is 5.32 Å². The van der Waals surface area contributed by atoms with Crippen LogP contribution in [0.2, 0.25) is 0 Å². The molecule has 0 spiro atoms. The number of hydrogen-bond donors (Lipinski definition) is 1. The maximum Gasteiger partial charge on any atom is 0.251 e. The van der Waals surface area contributed by atoms with Crippen LogP contribution in [0, 0.1) is 6.92 Å². The van der Waals surface area contributed by atoms with Gasteiger partial charge in [0.1, 0.15) is 18.1 Å². The number of ether oxygens (including phenoxy) is 2. The topological polar surface area (TPSA) is 47.6 Å². The van der Waals surface area contributed by atoms with Gasteiger partial charge in [0.05, 0.1) is 6.61 Å². The quantitative estimate of drug-likeness (QED) is 0.769. The van der Waals surface area contributed by atoms with Gasteiger partial charge in [0.2, 0.25) is 0 Å². The Labute approximate surface area is 150 Å². The van der Waals surface area contributed by atoms with Crippen LogP contribution in [0.25, 0.3) is 0 Å². The summed E-state index contributed by atoms with van der Waals surface area (Å²) in [6, 6.07) is 13.5. The fraction of sp³-hybridized carbons (Fsp3) is 0.381. The minimum absolute atomic E-state index is 0.0750. The standard InChI is InChI=1S/C21H27NO3/c1-5-16(4)22-21(23)17-9-12-20(24-6-2)18(13-17)14-25-19-10-7-15(3)8-11-19/h7-13,16H,5-6,14H2,1-4H3,(H,22,23)/t16-/m1/s1. The average Bonchev–Trinajstić information content (AvgIpc) is 2.62. The van der Waals surface area contributed by atoms with Gasteiger partial charge in [-0.2, -0.15) is 0 Å². The number of carbonyl (C=O) groups is 1. The Balaban J connectivity index is 2.16. The van der Waals surface area contributed by atoms with E-state index in [1.54, 1.807) is 6.07 Å². The van der Waals surface area contributed by atoms with Crippen molar-refractivity contribution in [1.82, 2.24) is 5.32 Å². The Hall–Kier alpha value is -2.49. The fourth-order valence-corrected chi connectivity index (χ4v) is 2.33. The maximum atomic E-state index is 12.4. The lowest BCUT2D eigenvalue weighted by Crippen LogP contribution is -2.32. The van der Waals surface area contributed by atoms with Crippen molar-refractivity contribution in [2.45, 2.75) is 46.8 Å². The molecule has 2 aromatic carbocycles. The van der Waals surface area contributed by atoms with Crippen molar-refractivity contribution in [1.29, 1.82) is 0 Å². The van der Waals surface area contributed by atoms with Crippen molar-refractivity contribution in [3.63, 3.8) is 0 Å². The van der Waals surface area contributed by atoms with E-state index in [1.807, 2.05) is 64.1 Å². The van der Waals surface area contributed by atoms with E-state index in [0.717, 1.165) is 23.5 Å². The van der Waals surface area contributed by atoms with E-state index >= 15 is 0 Å². The molecule has 0 aliphatic rings. The summed E-state index contributed by atoms with van der Waals surface area (Å²) in [4.78, 5) is 12.4. The van der Waals surface area contributed by atoms with Gasteiger partial charge < -0.3 is 14.8 Å². The predicted octanol–water partition coefficient (Wildman–Crippen LogP) is 4.50. The zero-order valence-corrected chi connectivity index (χ0v) is 15.5. The third-order valence-corrected chi connectivity index (χ3v) is 4.03. The molecule has 0 aliphatic heterocycles. The molecule has 0 aliphatic carbocycles. The van der Waals surface area contributed by atoms with Gasteiger partial charge >= 0.3 is 0 Å². The molecule has 0 fully saturated rings. The largest absolute Gasteiger partial charge is 0.493 e. The van der Waals surface area contributed by atoms with E-state index < -0.39 is 0 Å². The van der Waals surface area contributed by atoms with Gasteiger partial charge in [-0.15, -0.1) is 0 Å². The van der Waals surface area contributed by atoms with Crippen LogP contribution in [0.5, 0.6) is 11.5 Å². The van der Waals surface area contributed by atoms with Crippen LogP contribution in [0.15, 0.2) is 42.5 Å². The van der Waals surface area contributed by atoms with Crippen molar-refractivity contribution in [2.24, 2.45) is 0 Å². The fourth-order valence-electron chi connectivity index (χ4n) is 2.33. The van der Waals surface area contributed by atoms with Gasteiger partial charge in [0.15, 0.2) is 0 Å². The minimum Gasteiger partial charge on any atom is -0.493 e. The Morgan fingerprint density at radius 3 is 2.44 bits per heavy atom. The molecule has 25 heavy (non-hydrogen) atoms. The summed E-state index contributed by atoms with van der Waals surface area (Å²) >= 11 is 0. The van der Waals surface area contributed by atoms with E-state index in [9.17, 15) is 4.79 Å². The first-order valence-electron chi connectivity index (χ1n) is 8.79. The van der Waals surface area contributed by atoms with Crippen molar-refractivity contribution in [2.75, 3.05) is 6.61 Å². The second-order valence-electron chi connectivity index (χ2n) is 6.14. The van der Waals surface area contributed by atoms with Crippen LogP contribution in [0.1, 0.15) is 48.7 Å². The zero-order chi connectivity index (χ0) is 18.2. The van der Waals surface area contributed by atoms with Crippen LogP contribution in [0.4, 0.5) is 0 Å². The molecule has 1 N–H and O–H groups in total. The molecule has 0 radical (unpaired) electrons. The molecule has 134 valence electrons. The van der Waals surface area contributed by atoms with Gasteiger partial charge in [-0.25, -0.2) is 0 Å². The van der Waals surface area contributed by atoms with Crippen LogP contribution in [-0.4, -0.2) is 18.6 Å². The molecule has 2 rings (SSSR count). The monoisotopic (exact) mass is 341 g/mol. The summed E-state index contributed by atoms with van der Waals surface area (Å²) in [5.41, 5.74) is 2.66. The van der Waals surface area contributed by atoms with Crippen LogP contribution in [0.3, 0.4) is 0 Å². The second kappa shape index (κ2) is 9.11. The molecule has 0 bridgehead atoms. The Morgan fingerprint density at radius 1 is 1.08 bits per heavy atom. The lowest BCUT2D eigenvalue weighted by Gasteiger charge is -2.15. The van der Waals surface area contributed by atoms with Crippen molar-refractivity contribution in [3.05, 3.63) is 59.2 Å². The summed E-state index contributed by atoms with van der Waals surface area (Å²) in [5, 5.41) is 2.98. The molecule has 1 atom stereocenters. The molecule has 4 heteroatoms. The summed E-state index contributed by atoms with van der Waals surface area (Å²) in [5.74, 6) is 1.46. The summed E-state index contributed by atoms with van der Waals surface area (Å²) in [7, 11) is 0. The SMILES string of the molecule is CCOc1ccc(C(=O)N[C@H](C)CC)cc1COc1ccc(C)cc1. The zero-order valence-electron chi connectivity index (χ0n) is 15.5. The van der Waals surface area contributed by atoms with E-state index in [0.29, 0.717) is 18.8 Å². The molecule has 0 saturated carbocycles. The van der Waals surface area contributed by atoms with Gasteiger partial charge in [0, 0.05) is 17.2 Å². The molecule has 0 saturated heterocycles. The van der Waals surface area contributed by atoms with Crippen molar-refractivity contribution >= 4 is 5.91 Å². The first kappa shape index (κ1) is 18.8. The Kier molecular flexibility index (Phi) is 6.87. The predicted molar refractivity (Wildman–Crippen MR) is 100 cm³/mol. The lowest BCUT2D eigenvalue weighted by atomic mass is 10.1. The first-order valence-corrected chi connectivity index (χ1v) is 8.79. The lowest BCUT2D eigenvalue weighted by molar-refractivity contribution is 0.0939. The third-order valence-electron chi connectivity index (χ3n) is 4.03. The van der Waals surface area contributed by atoms with Crippen LogP contribution < -0.4 is 14.8 Å². The number of benzene rings is 2. The Bertz CT molecular complexity index is 695. The highest BCUT2D eigenvalue weighted by Gasteiger charge is 2.13. The molecule has 0 heterocycles. The smallest absolute Gasteiger partial charge is 0.251 e. The number of amides is 1. The first-order chi connectivity index (χ1) is 12.0. The van der Waals surface area contributed by atoms with Gasteiger partial charge in [-0.05, 0) is 57.5 Å². The van der Waals surface area contributed by atoms with Gasteiger partial charge in [-0.3, -0.25) is 4.79 Å². The van der Waals surface area contributed by atoms with E-state index in [4.69, 9.17) is 9.47 Å². The summed E-state index contributed by atoms with van der Waals surface area (Å²) in [6.07, 6.45) is 0.895. The number of hydrogen-bond acceptors (Lipinski definition) is 3. The number of aryl methyl sites for hydroxylation is 1. The molecular weight excluding hydrogens is 314 g/mol. The minimum atomic E-state index is -0.0750. The second-order valence-corrected chi connectivity index (χ2v) is 6.14. The summed E-state index contributed by atoms with van der Waals surface area (Å²) < 4.78 is 11.5. The molecule has 0 aromatic heterocycles. The summed E-state index contributed by atoms with van der Waals surface area (Å²) in [6.45, 7) is 8.93. The average molecular weight is 341 g/mol. The highest BCUT2D eigenvalue weighted by molar-refractivity contribution is 5.94.